The van der Waals surface area contributed by atoms with Gasteiger partial charge in [0.15, 0.2) is 0 Å². The van der Waals surface area contributed by atoms with E-state index in [0.29, 0.717) is 10.6 Å². The van der Waals surface area contributed by atoms with Gasteiger partial charge in [-0.15, -0.1) is 0 Å². The van der Waals surface area contributed by atoms with Crippen LogP contribution in [0.4, 0.5) is 4.39 Å². The predicted molar refractivity (Wildman–Crippen MR) is 57.9 cm³/mol. The molecule has 1 aromatic carbocycles. The molecule has 1 aromatic rings. The van der Waals surface area contributed by atoms with Crippen LogP contribution in [0.15, 0.2) is 18.2 Å². The van der Waals surface area contributed by atoms with Crippen LogP contribution in [0.1, 0.15) is 37.8 Å². The van der Waals surface area contributed by atoms with Crippen LogP contribution < -0.4 is 5.73 Å². The largest absolute Gasteiger partial charge is 0.324 e. The summed E-state index contributed by atoms with van der Waals surface area (Å²) < 4.78 is 12.9. The molecule has 0 heterocycles. The minimum atomic E-state index is -0.281. The van der Waals surface area contributed by atoms with Crippen LogP contribution in [0.5, 0.6) is 0 Å². The summed E-state index contributed by atoms with van der Waals surface area (Å²) in [5, 5.41) is 0.551. The van der Waals surface area contributed by atoms with Crippen LogP contribution in [0.3, 0.4) is 0 Å². The minimum Gasteiger partial charge on any atom is -0.324 e. The molecule has 0 saturated heterocycles. The number of nitrogens with two attached hydrogens (primary N) is 1. The maximum Gasteiger partial charge on any atom is 0.123 e. The van der Waals surface area contributed by atoms with Crippen molar-refractivity contribution >= 4 is 11.6 Å². The molecule has 0 spiro atoms. The predicted octanol–water partition coefficient (Wildman–Crippen LogP) is 3.67. The zero-order valence-electron chi connectivity index (χ0n) is 8.26. The lowest BCUT2D eigenvalue weighted by Gasteiger charge is -2.12. The highest BCUT2D eigenvalue weighted by atomic mass is 35.5. The summed E-state index contributed by atoms with van der Waals surface area (Å²) in [4.78, 5) is 0. The zero-order valence-corrected chi connectivity index (χ0v) is 9.02. The van der Waals surface area contributed by atoms with Crippen molar-refractivity contribution in [3.8, 4) is 0 Å². The Morgan fingerprint density at radius 1 is 1.50 bits per heavy atom. The van der Waals surface area contributed by atoms with Crippen molar-refractivity contribution in [2.24, 2.45) is 5.73 Å². The monoisotopic (exact) mass is 215 g/mol. The summed E-state index contributed by atoms with van der Waals surface area (Å²) in [6.07, 6.45) is 2.97. The Labute approximate surface area is 89.1 Å². The van der Waals surface area contributed by atoms with Gasteiger partial charge < -0.3 is 5.73 Å². The summed E-state index contributed by atoms with van der Waals surface area (Å²) in [6.45, 7) is 2.10. The molecule has 1 unspecified atom stereocenters. The Morgan fingerprint density at radius 3 is 2.86 bits per heavy atom. The molecular weight excluding hydrogens is 201 g/mol. The average Bonchev–Trinajstić information content (AvgIpc) is 2.18. The van der Waals surface area contributed by atoms with E-state index >= 15 is 0 Å². The van der Waals surface area contributed by atoms with Crippen molar-refractivity contribution in [2.75, 3.05) is 0 Å². The fourth-order valence-corrected chi connectivity index (χ4v) is 1.64. The maximum absolute atomic E-state index is 12.9. The van der Waals surface area contributed by atoms with E-state index in [1.807, 2.05) is 0 Å². The van der Waals surface area contributed by atoms with Gasteiger partial charge in [0.05, 0.1) is 0 Å². The van der Waals surface area contributed by atoms with Crippen molar-refractivity contribution in [1.82, 2.24) is 0 Å². The molecule has 0 radical (unpaired) electrons. The molecule has 1 nitrogen and oxygen atoms in total. The summed E-state index contributed by atoms with van der Waals surface area (Å²) in [7, 11) is 0. The molecule has 0 amide bonds. The van der Waals surface area contributed by atoms with Crippen molar-refractivity contribution in [2.45, 2.75) is 32.2 Å². The summed E-state index contributed by atoms with van der Waals surface area (Å²) in [5.74, 6) is -0.281. The molecule has 78 valence electrons. The first-order valence-corrected chi connectivity index (χ1v) is 5.23. The fourth-order valence-electron chi connectivity index (χ4n) is 1.38. The third-order valence-corrected chi connectivity index (χ3v) is 2.57. The van der Waals surface area contributed by atoms with Crippen LogP contribution in [-0.4, -0.2) is 0 Å². The lowest BCUT2D eigenvalue weighted by molar-refractivity contribution is 0.588. The molecule has 0 aliphatic carbocycles. The smallest absolute Gasteiger partial charge is 0.123 e. The fraction of sp³-hybridized carbons (Fsp3) is 0.455. The average molecular weight is 216 g/mol. The second kappa shape index (κ2) is 5.32. The molecule has 0 aliphatic rings. The molecule has 0 bridgehead atoms. The van der Waals surface area contributed by atoms with Crippen LogP contribution in [-0.2, 0) is 0 Å². The second-order valence-corrected chi connectivity index (χ2v) is 3.82. The molecule has 3 heteroatoms. The normalized spacial score (nSPS) is 12.9. The molecule has 0 aromatic heterocycles. The molecule has 0 fully saturated rings. The third-order valence-electron chi connectivity index (χ3n) is 2.23. The molecule has 1 rings (SSSR count). The first-order valence-electron chi connectivity index (χ1n) is 4.85. The molecule has 2 N–H and O–H groups in total. The Bertz CT molecular complexity index is 301. The Kier molecular flexibility index (Phi) is 4.36. The highest BCUT2D eigenvalue weighted by molar-refractivity contribution is 6.31. The molecule has 0 aliphatic heterocycles. The SMILES string of the molecule is CCCCC(N)c1cc(F)ccc1Cl. The molecule has 0 saturated carbocycles. The van der Waals surface area contributed by atoms with E-state index in [4.69, 9.17) is 17.3 Å². The topological polar surface area (TPSA) is 26.0 Å². The Balaban J connectivity index is 2.77. The quantitative estimate of drug-likeness (QED) is 0.815. The number of rotatable bonds is 4. The van der Waals surface area contributed by atoms with Gasteiger partial charge in [-0.05, 0) is 30.2 Å². The van der Waals surface area contributed by atoms with Gasteiger partial charge in [-0.25, -0.2) is 4.39 Å². The molecular formula is C11H15ClFN. The van der Waals surface area contributed by atoms with Crippen molar-refractivity contribution < 1.29 is 4.39 Å². The summed E-state index contributed by atoms with van der Waals surface area (Å²) >= 11 is 5.92. The van der Waals surface area contributed by atoms with E-state index in [0.717, 1.165) is 19.3 Å². The molecule has 14 heavy (non-hydrogen) atoms. The number of benzene rings is 1. The van der Waals surface area contributed by atoms with E-state index in [1.54, 1.807) is 6.07 Å². The van der Waals surface area contributed by atoms with Crippen LogP contribution >= 0.6 is 11.6 Å². The first kappa shape index (κ1) is 11.5. The van der Waals surface area contributed by atoms with Gasteiger partial charge >= 0.3 is 0 Å². The van der Waals surface area contributed by atoms with E-state index in [9.17, 15) is 4.39 Å². The second-order valence-electron chi connectivity index (χ2n) is 3.41. The van der Waals surface area contributed by atoms with Gasteiger partial charge in [0.25, 0.3) is 0 Å². The van der Waals surface area contributed by atoms with Gasteiger partial charge in [-0.3, -0.25) is 0 Å². The zero-order chi connectivity index (χ0) is 10.6. The van der Waals surface area contributed by atoms with Gasteiger partial charge in [0.2, 0.25) is 0 Å². The van der Waals surface area contributed by atoms with Crippen molar-refractivity contribution in [1.29, 1.82) is 0 Å². The highest BCUT2D eigenvalue weighted by Crippen LogP contribution is 2.25. The molecule has 1 atom stereocenters. The highest BCUT2D eigenvalue weighted by Gasteiger charge is 2.10. The standard InChI is InChI=1S/C11H15ClFN/c1-2-3-4-11(14)9-7-8(13)5-6-10(9)12/h5-7,11H,2-4,14H2,1H3. The van der Waals surface area contributed by atoms with E-state index in [-0.39, 0.29) is 11.9 Å². The number of halogens is 2. The first-order chi connectivity index (χ1) is 6.65. The van der Waals surface area contributed by atoms with E-state index in [2.05, 4.69) is 6.92 Å². The lowest BCUT2D eigenvalue weighted by Crippen LogP contribution is -2.10. The van der Waals surface area contributed by atoms with E-state index < -0.39 is 0 Å². The van der Waals surface area contributed by atoms with E-state index in [1.165, 1.54) is 12.1 Å². The number of hydrogen-bond acceptors (Lipinski definition) is 1. The Morgan fingerprint density at radius 2 is 2.21 bits per heavy atom. The number of unbranched alkanes of at least 4 members (excludes halogenated alkanes) is 1. The van der Waals surface area contributed by atoms with Crippen LogP contribution in [0.25, 0.3) is 0 Å². The van der Waals surface area contributed by atoms with Gasteiger partial charge in [-0.1, -0.05) is 31.4 Å². The van der Waals surface area contributed by atoms with Crippen LogP contribution in [0, 0.1) is 5.82 Å². The van der Waals surface area contributed by atoms with Crippen molar-refractivity contribution in [3.63, 3.8) is 0 Å². The lowest BCUT2D eigenvalue weighted by atomic mass is 10.0. The van der Waals surface area contributed by atoms with Gasteiger partial charge in [0.1, 0.15) is 5.82 Å². The van der Waals surface area contributed by atoms with Crippen LogP contribution in [0.2, 0.25) is 5.02 Å². The maximum atomic E-state index is 12.9. The third kappa shape index (κ3) is 2.96. The summed E-state index contributed by atoms with van der Waals surface area (Å²) in [6, 6.07) is 4.16. The Hall–Kier alpha value is -0.600. The number of hydrogen-bond donors (Lipinski definition) is 1. The van der Waals surface area contributed by atoms with Gasteiger partial charge in [0, 0.05) is 11.1 Å². The van der Waals surface area contributed by atoms with Gasteiger partial charge in [-0.2, -0.15) is 0 Å². The minimum absolute atomic E-state index is 0.154. The summed E-state index contributed by atoms with van der Waals surface area (Å²) in [5.41, 5.74) is 6.61. The van der Waals surface area contributed by atoms with Crippen molar-refractivity contribution in [3.05, 3.63) is 34.6 Å².